The zero-order valence-electron chi connectivity index (χ0n) is 9.66. The van der Waals surface area contributed by atoms with Gasteiger partial charge in [-0.1, -0.05) is 11.6 Å². The third-order valence-electron chi connectivity index (χ3n) is 2.55. The predicted molar refractivity (Wildman–Crippen MR) is 71.1 cm³/mol. The number of thiazole rings is 1. The second-order valence-corrected chi connectivity index (χ2v) is 5.58. The Morgan fingerprint density at radius 2 is 1.94 bits per heavy atom. The Labute approximate surface area is 109 Å². The molecule has 0 bridgehead atoms. The molecule has 0 N–H and O–H groups in total. The molecule has 0 saturated carbocycles. The number of aryl methyl sites for hydroxylation is 2. The van der Waals surface area contributed by atoms with Crippen molar-refractivity contribution in [1.29, 1.82) is 0 Å². The zero-order valence-corrected chi connectivity index (χ0v) is 11.2. The summed E-state index contributed by atoms with van der Waals surface area (Å²) in [5.41, 5.74) is 1.69. The Balaban J connectivity index is 2.14. The van der Waals surface area contributed by atoms with Crippen molar-refractivity contribution in [2.24, 2.45) is 0 Å². The third-order valence-corrected chi connectivity index (χ3v) is 3.88. The number of ketones is 1. The number of rotatable bonds is 3. The summed E-state index contributed by atoms with van der Waals surface area (Å²) in [6, 6.07) is 6.95. The van der Waals surface area contributed by atoms with Gasteiger partial charge < -0.3 is 0 Å². The van der Waals surface area contributed by atoms with E-state index in [9.17, 15) is 4.79 Å². The Hall–Kier alpha value is -1.19. The highest BCUT2D eigenvalue weighted by atomic mass is 35.5. The van der Waals surface area contributed by atoms with Gasteiger partial charge >= 0.3 is 0 Å². The van der Waals surface area contributed by atoms with E-state index in [0.717, 1.165) is 10.7 Å². The van der Waals surface area contributed by atoms with Crippen LogP contribution in [-0.2, 0) is 6.42 Å². The zero-order chi connectivity index (χ0) is 12.4. The van der Waals surface area contributed by atoms with Crippen molar-refractivity contribution in [3.8, 4) is 0 Å². The van der Waals surface area contributed by atoms with Gasteiger partial charge in [0.25, 0.3) is 0 Å². The van der Waals surface area contributed by atoms with Gasteiger partial charge in [0.2, 0.25) is 0 Å². The van der Waals surface area contributed by atoms with Crippen LogP contribution in [0.4, 0.5) is 0 Å². The van der Waals surface area contributed by atoms with Crippen LogP contribution in [0.15, 0.2) is 24.3 Å². The van der Waals surface area contributed by atoms with Crippen molar-refractivity contribution < 1.29 is 4.79 Å². The molecule has 17 heavy (non-hydrogen) atoms. The molecular formula is C13H12ClNOS. The molecule has 88 valence electrons. The molecule has 0 aliphatic rings. The van der Waals surface area contributed by atoms with Crippen LogP contribution in [0.3, 0.4) is 0 Å². The number of hydrogen-bond acceptors (Lipinski definition) is 3. The highest BCUT2D eigenvalue weighted by Gasteiger charge is 2.11. The summed E-state index contributed by atoms with van der Waals surface area (Å²) in [7, 11) is 0. The fourth-order valence-electron chi connectivity index (χ4n) is 1.49. The van der Waals surface area contributed by atoms with Crippen molar-refractivity contribution in [1.82, 2.24) is 4.98 Å². The molecule has 0 unspecified atom stereocenters. The van der Waals surface area contributed by atoms with E-state index >= 15 is 0 Å². The second kappa shape index (κ2) is 4.98. The summed E-state index contributed by atoms with van der Waals surface area (Å²) in [6.07, 6.45) is 0.362. The molecule has 4 heteroatoms. The monoisotopic (exact) mass is 265 g/mol. The van der Waals surface area contributed by atoms with Crippen molar-refractivity contribution in [3.05, 3.63) is 50.4 Å². The van der Waals surface area contributed by atoms with Crippen LogP contribution in [0.5, 0.6) is 0 Å². The fourth-order valence-corrected chi connectivity index (χ4v) is 2.55. The van der Waals surface area contributed by atoms with Crippen LogP contribution in [-0.4, -0.2) is 10.8 Å². The predicted octanol–water partition coefficient (Wildman–Crippen LogP) is 3.84. The SMILES string of the molecule is Cc1nc(CC(=O)c2ccc(Cl)cc2)sc1C. The van der Waals surface area contributed by atoms with E-state index in [2.05, 4.69) is 4.98 Å². The van der Waals surface area contributed by atoms with E-state index in [1.165, 1.54) is 4.88 Å². The molecule has 0 spiro atoms. The quantitative estimate of drug-likeness (QED) is 0.790. The molecule has 2 nitrogen and oxygen atoms in total. The van der Waals surface area contributed by atoms with E-state index in [4.69, 9.17) is 11.6 Å². The number of nitrogens with zero attached hydrogens (tertiary/aromatic N) is 1. The topological polar surface area (TPSA) is 30.0 Å². The van der Waals surface area contributed by atoms with Crippen molar-refractivity contribution >= 4 is 28.7 Å². The van der Waals surface area contributed by atoms with Gasteiger partial charge in [-0.05, 0) is 38.1 Å². The lowest BCUT2D eigenvalue weighted by atomic mass is 10.1. The smallest absolute Gasteiger partial charge is 0.169 e. The number of benzene rings is 1. The molecular weight excluding hydrogens is 254 g/mol. The molecule has 0 radical (unpaired) electrons. The minimum Gasteiger partial charge on any atom is -0.294 e. The first kappa shape index (κ1) is 12.3. The fraction of sp³-hybridized carbons (Fsp3) is 0.231. The maximum atomic E-state index is 12.0. The molecule has 1 aromatic heterocycles. The summed E-state index contributed by atoms with van der Waals surface area (Å²) in [4.78, 5) is 17.5. The molecule has 2 aromatic rings. The summed E-state index contributed by atoms with van der Waals surface area (Å²) in [5.74, 6) is 0.0791. The van der Waals surface area contributed by atoms with Crippen LogP contribution < -0.4 is 0 Å². The lowest BCUT2D eigenvalue weighted by Gasteiger charge is -1.98. The van der Waals surface area contributed by atoms with Gasteiger partial charge in [0.05, 0.1) is 12.1 Å². The Morgan fingerprint density at radius 3 is 2.47 bits per heavy atom. The van der Waals surface area contributed by atoms with Gasteiger partial charge in [-0.3, -0.25) is 4.79 Å². The molecule has 0 aliphatic heterocycles. The van der Waals surface area contributed by atoms with Gasteiger partial charge in [-0.25, -0.2) is 4.98 Å². The first-order chi connectivity index (χ1) is 8.06. The van der Waals surface area contributed by atoms with Gasteiger partial charge in [-0.2, -0.15) is 0 Å². The Morgan fingerprint density at radius 1 is 1.29 bits per heavy atom. The average Bonchev–Trinajstić information content (AvgIpc) is 2.58. The van der Waals surface area contributed by atoms with Gasteiger partial charge in [-0.15, -0.1) is 11.3 Å². The minimum atomic E-state index is 0.0791. The molecule has 1 aromatic carbocycles. The van der Waals surface area contributed by atoms with E-state index < -0.39 is 0 Å². The highest BCUT2D eigenvalue weighted by molar-refractivity contribution is 7.11. The van der Waals surface area contributed by atoms with E-state index in [1.807, 2.05) is 13.8 Å². The Kier molecular flexibility index (Phi) is 3.60. The summed E-state index contributed by atoms with van der Waals surface area (Å²) >= 11 is 7.36. The summed E-state index contributed by atoms with van der Waals surface area (Å²) in [5, 5.41) is 1.52. The second-order valence-electron chi connectivity index (χ2n) is 3.86. The first-order valence-corrected chi connectivity index (χ1v) is 6.47. The molecule has 0 atom stereocenters. The van der Waals surface area contributed by atoms with E-state index in [1.54, 1.807) is 35.6 Å². The number of carbonyl (C=O) groups is 1. The van der Waals surface area contributed by atoms with Crippen molar-refractivity contribution in [2.75, 3.05) is 0 Å². The number of hydrogen-bond donors (Lipinski definition) is 0. The number of aromatic nitrogens is 1. The largest absolute Gasteiger partial charge is 0.294 e. The standard InChI is InChI=1S/C13H12ClNOS/c1-8-9(2)17-13(15-8)7-12(16)10-3-5-11(14)6-4-10/h3-6H,7H2,1-2H3. The summed E-state index contributed by atoms with van der Waals surface area (Å²) in [6.45, 7) is 3.98. The normalized spacial score (nSPS) is 10.5. The highest BCUT2D eigenvalue weighted by Crippen LogP contribution is 2.19. The van der Waals surface area contributed by atoms with Gasteiger partial charge in [0.1, 0.15) is 5.01 Å². The van der Waals surface area contributed by atoms with E-state index in [-0.39, 0.29) is 5.78 Å². The van der Waals surface area contributed by atoms with Gasteiger partial charge in [0, 0.05) is 15.5 Å². The van der Waals surface area contributed by atoms with Gasteiger partial charge in [0.15, 0.2) is 5.78 Å². The number of carbonyl (C=O) groups excluding carboxylic acids is 1. The molecule has 1 heterocycles. The molecule has 0 amide bonds. The number of Topliss-reactive ketones (excluding diaryl/α,β-unsaturated/α-hetero) is 1. The van der Waals surface area contributed by atoms with Crippen LogP contribution in [0, 0.1) is 13.8 Å². The van der Waals surface area contributed by atoms with Crippen molar-refractivity contribution in [3.63, 3.8) is 0 Å². The van der Waals surface area contributed by atoms with Crippen LogP contribution in [0.25, 0.3) is 0 Å². The summed E-state index contributed by atoms with van der Waals surface area (Å²) < 4.78 is 0. The first-order valence-electron chi connectivity index (χ1n) is 5.28. The molecule has 0 saturated heterocycles. The van der Waals surface area contributed by atoms with Crippen LogP contribution in [0.2, 0.25) is 5.02 Å². The van der Waals surface area contributed by atoms with E-state index in [0.29, 0.717) is 17.0 Å². The molecule has 0 aliphatic carbocycles. The lowest BCUT2D eigenvalue weighted by molar-refractivity contribution is 0.0993. The minimum absolute atomic E-state index is 0.0791. The average molecular weight is 266 g/mol. The molecule has 0 fully saturated rings. The van der Waals surface area contributed by atoms with Crippen LogP contribution >= 0.6 is 22.9 Å². The maximum absolute atomic E-state index is 12.0. The van der Waals surface area contributed by atoms with Crippen LogP contribution in [0.1, 0.15) is 25.9 Å². The molecule has 2 rings (SSSR count). The number of halogens is 1. The Bertz CT molecular complexity index is 526. The maximum Gasteiger partial charge on any atom is 0.169 e. The van der Waals surface area contributed by atoms with Crippen molar-refractivity contribution in [2.45, 2.75) is 20.3 Å². The third kappa shape index (κ3) is 2.93. The lowest BCUT2D eigenvalue weighted by Crippen LogP contribution is -2.02.